The van der Waals surface area contributed by atoms with Crippen molar-refractivity contribution >= 4 is 16.1 Å². The van der Waals surface area contributed by atoms with Crippen LogP contribution in [0.4, 0.5) is 0 Å². The Morgan fingerprint density at radius 3 is 2.27 bits per heavy atom. The number of benzene rings is 1. The zero-order valence-electron chi connectivity index (χ0n) is 12.7. The molecule has 0 saturated heterocycles. The van der Waals surface area contributed by atoms with E-state index < -0.39 is 20.8 Å². The van der Waals surface area contributed by atoms with Crippen molar-refractivity contribution in [2.24, 2.45) is 5.73 Å². The van der Waals surface area contributed by atoms with Crippen LogP contribution in [0.3, 0.4) is 0 Å². The lowest BCUT2D eigenvalue weighted by molar-refractivity contribution is -0.138. The third-order valence-corrected chi connectivity index (χ3v) is 6.11. The standard InChI is InChI=1S/C15H21NO5S/c1-11-3-5-13(6-4-11)21-14(17)15(22(18,19)20-2)9-7-12(16)8-10-15/h3-6,12H,7-10,16H2,1-2H3. The first kappa shape index (κ1) is 16.9. The van der Waals surface area contributed by atoms with Gasteiger partial charge in [-0.25, -0.2) is 4.79 Å². The number of hydrogen-bond donors (Lipinski definition) is 1. The lowest BCUT2D eigenvalue weighted by Crippen LogP contribution is -2.53. The Kier molecular flexibility index (Phi) is 4.89. The second kappa shape index (κ2) is 6.36. The number of hydrogen-bond acceptors (Lipinski definition) is 6. The Hall–Kier alpha value is -1.44. The molecule has 7 heteroatoms. The van der Waals surface area contributed by atoms with Gasteiger partial charge in [0.25, 0.3) is 10.1 Å². The van der Waals surface area contributed by atoms with Crippen LogP contribution in [-0.2, 0) is 19.1 Å². The molecule has 2 rings (SSSR count). The highest BCUT2D eigenvalue weighted by atomic mass is 32.2. The van der Waals surface area contributed by atoms with Crippen LogP contribution in [-0.4, -0.2) is 32.3 Å². The molecule has 0 aromatic heterocycles. The summed E-state index contributed by atoms with van der Waals surface area (Å²) in [4.78, 5) is 12.6. The van der Waals surface area contributed by atoms with Crippen LogP contribution < -0.4 is 10.5 Å². The van der Waals surface area contributed by atoms with Crippen LogP contribution >= 0.6 is 0 Å². The highest BCUT2D eigenvalue weighted by Crippen LogP contribution is 2.37. The fraction of sp³-hybridized carbons (Fsp3) is 0.533. The van der Waals surface area contributed by atoms with E-state index in [0.29, 0.717) is 18.6 Å². The fourth-order valence-corrected chi connectivity index (χ4v) is 3.93. The molecule has 0 spiro atoms. The first-order valence-corrected chi connectivity index (χ1v) is 8.56. The quantitative estimate of drug-likeness (QED) is 0.512. The third-order valence-electron chi connectivity index (χ3n) is 4.14. The van der Waals surface area contributed by atoms with Gasteiger partial charge in [-0.1, -0.05) is 17.7 Å². The van der Waals surface area contributed by atoms with Gasteiger partial charge in [0.2, 0.25) is 0 Å². The van der Waals surface area contributed by atoms with Gasteiger partial charge in [-0.15, -0.1) is 0 Å². The van der Waals surface area contributed by atoms with E-state index in [4.69, 9.17) is 10.5 Å². The van der Waals surface area contributed by atoms with Crippen molar-refractivity contribution in [3.8, 4) is 5.75 Å². The molecule has 0 radical (unpaired) electrons. The maximum absolute atomic E-state index is 12.6. The molecule has 0 unspecified atom stereocenters. The maximum Gasteiger partial charge on any atom is 0.335 e. The third kappa shape index (κ3) is 3.16. The first-order chi connectivity index (χ1) is 10.3. The predicted molar refractivity (Wildman–Crippen MR) is 81.9 cm³/mol. The molecule has 1 fully saturated rings. The summed E-state index contributed by atoms with van der Waals surface area (Å²) < 4.78 is 32.9. The maximum atomic E-state index is 12.6. The minimum atomic E-state index is -4.06. The summed E-state index contributed by atoms with van der Waals surface area (Å²) in [6, 6.07) is 6.74. The molecule has 0 atom stereocenters. The van der Waals surface area contributed by atoms with Crippen LogP contribution in [0, 0.1) is 6.92 Å². The Bertz CT molecular complexity index is 630. The van der Waals surface area contributed by atoms with Gasteiger partial charge in [0.15, 0.2) is 4.75 Å². The van der Waals surface area contributed by atoms with Crippen molar-refractivity contribution in [2.75, 3.05) is 7.11 Å². The van der Waals surface area contributed by atoms with Crippen molar-refractivity contribution in [2.45, 2.75) is 43.4 Å². The SMILES string of the molecule is COS(=O)(=O)C1(C(=O)Oc2ccc(C)cc2)CCC(N)CC1. The Morgan fingerprint density at radius 2 is 1.77 bits per heavy atom. The van der Waals surface area contributed by atoms with Gasteiger partial charge in [0, 0.05) is 6.04 Å². The Balaban J connectivity index is 2.29. The molecular weight excluding hydrogens is 306 g/mol. The number of rotatable bonds is 4. The molecular formula is C15H21NO5S. The molecule has 0 bridgehead atoms. The van der Waals surface area contributed by atoms with Crippen LogP contribution in [0.15, 0.2) is 24.3 Å². The smallest absolute Gasteiger partial charge is 0.335 e. The average molecular weight is 327 g/mol. The summed E-state index contributed by atoms with van der Waals surface area (Å²) in [7, 11) is -3.00. The molecule has 0 aliphatic heterocycles. The summed E-state index contributed by atoms with van der Waals surface area (Å²) in [6.45, 7) is 1.91. The number of carbonyl (C=O) groups excluding carboxylic acids is 1. The van der Waals surface area contributed by atoms with Crippen molar-refractivity contribution in [3.05, 3.63) is 29.8 Å². The monoisotopic (exact) mass is 327 g/mol. The lowest BCUT2D eigenvalue weighted by atomic mass is 9.85. The zero-order chi connectivity index (χ0) is 16.4. The van der Waals surface area contributed by atoms with Crippen LogP contribution in [0.1, 0.15) is 31.2 Å². The summed E-state index contributed by atoms with van der Waals surface area (Å²) >= 11 is 0. The van der Waals surface area contributed by atoms with Gasteiger partial charge in [-0.2, -0.15) is 8.42 Å². The van der Waals surface area contributed by atoms with Crippen molar-refractivity contribution in [1.29, 1.82) is 0 Å². The topological polar surface area (TPSA) is 95.7 Å². The van der Waals surface area contributed by atoms with Crippen molar-refractivity contribution < 1.29 is 22.1 Å². The molecule has 6 nitrogen and oxygen atoms in total. The second-order valence-corrected chi connectivity index (χ2v) is 7.68. The van der Waals surface area contributed by atoms with Crippen LogP contribution in [0.25, 0.3) is 0 Å². The molecule has 22 heavy (non-hydrogen) atoms. The number of aryl methyl sites for hydroxylation is 1. The highest BCUT2D eigenvalue weighted by Gasteiger charge is 2.54. The fourth-order valence-electron chi connectivity index (χ4n) is 2.63. The highest BCUT2D eigenvalue weighted by molar-refractivity contribution is 7.89. The first-order valence-electron chi connectivity index (χ1n) is 7.15. The van der Waals surface area contributed by atoms with Gasteiger partial charge in [-0.05, 0) is 44.7 Å². The predicted octanol–water partition coefficient (Wildman–Crippen LogP) is 1.52. The summed E-state index contributed by atoms with van der Waals surface area (Å²) in [5.74, 6) is -0.485. The summed E-state index contributed by atoms with van der Waals surface area (Å²) in [5.41, 5.74) is 6.84. The number of carbonyl (C=O) groups is 1. The molecule has 1 saturated carbocycles. The Labute approximate surface area is 130 Å². The molecule has 0 amide bonds. The number of ether oxygens (including phenoxy) is 1. The lowest BCUT2D eigenvalue weighted by Gasteiger charge is -2.35. The summed E-state index contributed by atoms with van der Waals surface area (Å²) in [6.07, 6.45) is 1.08. The van der Waals surface area contributed by atoms with Gasteiger partial charge in [-0.3, -0.25) is 4.18 Å². The molecule has 122 valence electrons. The molecule has 1 aliphatic rings. The molecule has 1 aliphatic carbocycles. The van der Waals surface area contributed by atoms with Gasteiger partial charge < -0.3 is 10.5 Å². The van der Waals surface area contributed by atoms with E-state index >= 15 is 0 Å². The van der Waals surface area contributed by atoms with E-state index in [2.05, 4.69) is 4.18 Å². The van der Waals surface area contributed by atoms with Crippen molar-refractivity contribution in [3.63, 3.8) is 0 Å². The molecule has 2 N–H and O–H groups in total. The van der Waals surface area contributed by atoms with E-state index in [1.807, 2.05) is 6.92 Å². The number of nitrogens with two attached hydrogens (primary N) is 1. The number of esters is 1. The van der Waals surface area contributed by atoms with Crippen LogP contribution in [0.2, 0.25) is 0 Å². The molecule has 1 aromatic rings. The molecule has 0 heterocycles. The van der Waals surface area contributed by atoms with E-state index in [0.717, 1.165) is 12.7 Å². The zero-order valence-corrected chi connectivity index (χ0v) is 13.6. The van der Waals surface area contributed by atoms with Crippen LogP contribution in [0.5, 0.6) is 5.75 Å². The van der Waals surface area contributed by atoms with Gasteiger partial charge in [0.05, 0.1) is 7.11 Å². The second-order valence-electron chi connectivity index (χ2n) is 5.66. The van der Waals surface area contributed by atoms with Gasteiger partial charge >= 0.3 is 5.97 Å². The van der Waals surface area contributed by atoms with E-state index in [-0.39, 0.29) is 18.9 Å². The minimum absolute atomic E-state index is 0.104. The summed E-state index contributed by atoms with van der Waals surface area (Å²) in [5, 5.41) is 0. The molecule has 1 aromatic carbocycles. The van der Waals surface area contributed by atoms with E-state index in [1.54, 1.807) is 24.3 Å². The largest absolute Gasteiger partial charge is 0.425 e. The average Bonchev–Trinajstić information content (AvgIpc) is 2.50. The normalized spacial score (nSPS) is 25.7. The van der Waals surface area contributed by atoms with Gasteiger partial charge in [0.1, 0.15) is 5.75 Å². The Morgan fingerprint density at radius 1 is 1.23 bits per heavy atom. The van der Waals surface area contributed by atoms with Crippen molar-refractivity contribution in [1.82, 2.24) is 0 Å². The minimum Gasteiger partial charge on any atom is -0.425 e. The van der Waals surface area contributed by atoms with E-state index in [1.165, 1.54) is 0 Å². The van der Waals surface area contributed by atoms with E-state index in [9.17, 15) is 13.2 Å².